The zero-order valence-electron chi connectivity index (χ0n) is 11.8. The molecule has 4 heteroatoms. The van der Waals surface area contributed by atoms with Crippen molar-refractivity contribution in [3.8, 4) is 5.75 Å². The van der Waals surface area contributed by atoms with E-state index in [0.717, 1.165) is 25.0 Å². The topological polar surface area (TPSA) is 30.5 Å². The third-order valence-electron chi connectivity index (χ3n) is 3.66. The van der Waals surface area contributed by atoms with Crippen molar-refractivity contribution >= 4 is 0 Å². The van der Waals surface area contributed by atoms with Gasteiger partial charge in [0, 0.05) is 18.7 Å². The molecule has 1 fully saturated rings. The Morgan fingerprint density at radius 1 is 1.42 bits per heavy atom. The lowest BCUT2D eigenvalue weighted by Gasteiger charge is -2.37. The van der Waals surface area contributed by atoms with Crippen molar-refractivity contribution in [1.29, 1.82) is 0 Å². The van der Waals surface area contributed by atoms with Gasteiger partial charge in [-0.1, -0.05) is 6.07 Å². The lowest BCUT2D eigenvalue weighted by molar-refractivity contribution is -0.0120. The summed E-state index contributed by atoms with van der Waals surface area (Å²) in [6, 6.07) is 5.71. The summed E-state index contributed by atoms with van der Waals surface area (Å²) in [5.41, 5.74) is 0.943. The quantitative estimate of drug-likeness (QED) is 0.859. The van der Waals surface area contributed by atoms with Gasteiger partial charge in [0.2, 0.25) is 0 Å². The summed E-state index contributed by atoms with van der Waals surface area (Å²) in [5.74, 6) is -0.0227. The molecule has 1 aromatic carbocycles. The zero-order valence-corrected chi connectivity index (χ0v) is 11.8. The van der Waals surface area contributed by atoms with Crippen LogP contribution >= 0.6 is 0 Å². The van der Waals surface area contributed by atoms with E-state index in [1.807, 2.05) is 13.0 Å². The van der Waals surface area contributed by atoms with Crippen LogP contribution in [0.5, 0.6) is 5.75 Å². The second-order valence-corrected chi connectivity index (χ2v) is 5.03. The van der Waals surface area contributed by atoms with Crippen LogP contribution in [0.15, 0.2) is 18.2 Å². The van der Waals surface area contributed by atoms with Gasteiger partial charge in [-0.05, 0) is 44.4 Å². The molecule has 0 aromatic heterocycles. The van der Waals surface area contributed by atoms with Crippen LogP contribution < -0.4 is 10.1 Å². The Morgan fingerprint density at radius 2 is 2.16 bits per heavy atom. The van der Waals surface area contributed by atoms with Gasteiger partial charge in [0.15, 0.2) is 11.6 Å². The van der Waals surface area contributed by atoms with Gasteiger partial charge >= 0.3 is 0 Å². The summed E-state index contributed by atoms with van der Waals surface area (Å²) in [6.45, 7) is 4.84. The van der Waals surface area contributed by atoms with E-state index in [9.17, 15) is 4.39 Å². The Kier molecular flexibility index (Phi) is 4.77. The molecule has 106 valence electrons. The van der Waals surface area contributed by atoms with E-state index < -0.39 is 0 Å². The predicted molar refractivity (Wildman–Crippen MR) is 72.9 cm³/mol. The van der Waals surface area contributed by atoms with Gasteiger partial charge in [-0.15, -0.1) is 0 Å². The van der Waals surface area contributed by atoms with Crippen LogP contribution in [0.3, 0.4) is 0 Å². The van der Waals surface area contributed by atoms with E-state index in [1.54, 1.807) is 6.07 Å². The number of methoxy groups -OCH3 is 1. The summed E-state index contributed by atoms with van der Waals surface area (Å²) in [7, 11) is 1.47. The van der Waals surface area contributed by atoms with Gasteiger partial charge < -0.3 is 14.8 Å². The van der Waals surface area contributed by atoms with Crippen LogP contribution in [-0.4, -0.2) is 25.9 Å². The summed E-state index contributed by atoms with van der Waals surface area (Å²) in [5, 5.41) is 3.50. The lowest BCUT2D eigenvalue weighted by atomic mass is 9.88. The van der Waals surface area contributed by atoms with E-state index in [0.29, 0.717) is 12.1 Å². The van der Waals surface area contributed by atoms with Gasteiger partial charge in [-0.2, -0.15) is 0 Å². The van der Waals surface area contributed by atoms with Gasteiger partial charge in [-0.3, -0.25) is 0 Å². The van der Waals surface area contributed by atoms with Crippen molar-refractivity contribution in [3.63, 3.8) is 0 Å². The molecular weight excluding hydrogens is 245 g/mol. The molecule has 1 atom stereocenters. The maximum Gasteiger partial charge on any atom is 0.165 e. The summed E-state index contributed by atoms with van der Waals surface area (Å²) >= 11 is 0. The van der Waals surface area contributed by atoms with Crippen molar-refractivity contribution in [3.05, 3.63) is 29.6 Å². The Hall–Kier alpha value is -1.13. The highest BCUT2D eigenvalue weighted by atomic mass is 19.1. The summed E-state index contributed by atoms with van der Waals surface area (Å²) in [6.07, 6.45) is 2.47. The smallest absolute Gasteiger partial charge is 0.165 e. The van der Waals surface area contributed by atoms with Gasteiger partial charge in [0.05, 0.1) is 13.2 Å². The Balaban J connectivity index is 1.87. The molecule has 0 spiro atoms. The second-order valence-electron chi connectivity index (χ2n) is 5.03. The number of rotatable bonds is 6. The molecular formula is C15H22FNO2. The van der Waals surface area contributed by atoms with Gasteiger partial charge in [0.1, 0.15) is 0 Å². The largest absolute Gasteiger partial charge is 0.494 e. The fourth-order valence-electron chi connectivity index (χ4n) is 2.48. The number of benzene rings is 1. The van der Waals surface area contributed by atoms with Crippen LogP contribution in [0.2, 0.25) is 0 Å². The molecule has 0 aliphatic heterocycles. The first-order valence-corrected chi connectivity index (χ1v) is 6.85. The third kappa shape index (κ3) is 3.45. The normalized spacial score (nSPS) is 23.8. The maximum atomic E-state index is 13.6. The van der Waals surface area contributed by atoms with E-state index in [4.69, 9.17) is 9.47 Å². The fraction of sp³-hybridized carbons (Fsp3) is 0.600. The molecule has 1 N–H and O–H groups in total. The fourth-order valence-corrected chi connectivity index (χ4v) is 2.48. The van der Waals surface area contributed by atoms with Crippen LogP contribution in [0, 0.1) is 5.82 Å². The van der Waals surface area contributed by atoms with Crippen molar-refractivity contribution in [2.45, 2.75) is 44.9 Å². The molecule has 0 heterocycles. The minimum absolute atomic E-state index is 0.132. The molecule has 1 aliphatic rings. The second kappa shape index (κ2) is 6.35. The number of hydrogen-bond acceptors (Lipinski definition) is 3. The maximum absolute atomic E-state index is 13.6. The highest BCUT2D eigenvalue weighted by Crippen LogP contribution is 2.27. The van der Waals surface area contributed by atoms with Crippen molar-refractivity contribution in [1.82, 2.24) is 5.32 Å². The first-order valence-electron chi connectivity index (χ1n) is 6.85. The first-order chi connectivity index (χ1) is 9.13. The van der Waals surface area contributed by atoms with Crippen molar-refractivity contribution in [2.75, 3.05) is 13.7 Å². The number of halogens is 1. The SMILES string of the molecule is CCOC1CC(NC(C)c2ccc(OC)c(F)c2)C1. The van der Waals surface area contributed by atoms with Gasteiger partial charge in [-0.25, -0.2) is 4.39 Å². The van der Waals surface area contributed by atoms with Crippen LogP contribution in [0.1, 0.15) is 38.3 Å². The van der Waals surface area contributed by atoms with Crippen LogP contribution in [-0.2, 0) is 4.74 Å². The minimum Gasteiger partial charge on any atom is -0.494 e. The molecule has 1 saturated carbocycles. The molecule has 0 bridgehead atoms. The molecule has 3 nitrogen and oxygen atoms in total. The minimum atomic E-state index is -0.311. The molecule has 0 radical (unpaired) electrons. The molecule has 0 amide bonds. The zero-order chi connectivity index (χ0) is 13.8. The highest BCUT2D eigenvalue weighted by Gasteiger charge is 2.30. The molecule has 1 unspecified atom stereocenters. The highest BCUT2D eigenvalue weighted by molar-refractivity contribution is 5.30. The van der Waals surface area contributed by atoms with E-state index >= 15 is 0 Å². The lowest BCUT2D eigenvalue weighted by Crippen LogP contribution is -2.46. The van der Waals surface area contributed by atoms with Crippen LogP contribution in [0.4, 0.5) is 4.39 Å². The van der Waals surface area contributed by atoms with Gasteiger partial charge in [0.25, 0.3) is 0 Å². The number of ether oxygens (including phenoxy) is 2. The number of nitrogens with one attached hydrogen (secondary N) is 1. The van der Waals surface area contributed by atoms with E-state index in [2.05, 4.69) is 12.2 Å². The Morgan fingerprint density at radius 3 is 2.74 bits per heavy atom. The Bertz CT molecular complexity index is 419. The molecule has 1 aliphatic carbocycles. The molecule has 2 rings (SSSR count). The van der Waals surface area contributed by atoms with Crippen molar-refractivity contribution in [2.24, 2.45) is 0 Å². The average molecular weight is 267 g/mol. The predicted octanol–water partition coefficient (Wildman–Crippen LogP) is 3.05. The van der Waals surface area contributed by atoms with Crippen LogP contribution in [0.25, 0.3) is 0 Å². The van der Waals surface area contributed by atoms with E-state index in [1.165, 1.54) is 13.2 Å². The Labute approximate surface area is 114 Å². The van der Waals surface area contributed by atoms with Crippen molar-refractivity contribution < 1.29 is 13.9 Å². The molecule has 1 aromatic rings. The third-order valence-corrected chi connectivity index (χ3v) is 3.66. The summed E-state index contributed by atoms with van der Waals surface area (Å²) < 4.78 is 24.1. The standard InChI is InChI=1S/C15H22FNO2/c1-4-19-13-8-12(9-13)17-10(2)11-5-6-15(18-3)14(16)7-11/h5-7,10,12-13,17H,4,8-9H2,1-3H3. The molecule has 0 saturated heterocycles. The first kappa shape index (κ1) is 14.3. The molecule has 19 heavy (non-hydrogen) atoms. The number of hydrogen-bond donors (Lipinski definition) is 1. The summed E-state index contributed by atoms with van der Waals surface area (Å²) in [4.78, 5) is 0. The monoisotopic (exact) mass is 267 g/mol. The average Bonchev–Trinajstić information content (AvgIpc) is 2.36. The van der Waals surface area contributed by atoms with E-state index in [-0.39, 0.29) is 17.6 Å².